The lowest BCUT2D eigenvalue weighted by Gasteiger charge is -2.03. The van der Waals surface area contributed by atoms with Crippen LogP contribution in [-0.4, -0.2) is 32.3 Å². The van der Waals surface area contributed by atoms with Gasteiger partial charge >= 0.3 is 5.97 Å². The van der Waals surface area contributed by atoms with Crippen molar-refractivity contribution < 1.29 is 14.3 Å². The number of aromatic nitrogens is 4. The summed E-state index contributed by atoms with van der Waals surface area (Å²) < 4.78 is 5.31. The van der Waals surface area contributed by atoms with E-state index in [9.17, 15) is 9.59 Å². The van der Waals surface area contributed by atoms with E-state index in [0.29, 0.717) is 16.6 Å². The first-order chi connectivity index (χ1) is 17.1. The summed E-state index contributed by atoms with van der Waals surface area (Å²) in [5.41, 5.74) is 1.91. The molecule has 1 amide bonds. The Balaban J connectivity index is 1.13. The number of ether oxygens (including phenoxy) is 1. The third kappa shape index (κ3) is 8.34. The van der Waals surface area contributed by atoms with Gasteiger partial charge in [0.05, 0.1) is 12.8 Å². The van der Waals surface area contributed by atoms with E-state index in [0.717, 1.165) is 46.8 Å². The molecule has 0 aliphatic rings. The van der Waals surface area contributed by atoms with Gasteiger partial charge in [0.2, 0.25) is 11.0 Å². The number of anilines is 1. The van der Waals surface area contributed by atoms with Crippen molar-refractivity contribution in [3.8, 4) is 0 Å². The fourth-order valence-electron chi connectivity index (χ4n) is 3.28. The molecule has 0 unspecified atom stereocenters. The van der Waals surface area contributed by atoms with Gasteiger partial charge in [0, 0.05) is 12.8 Å². The van der Waals surface area contributed by atoms with Gasteiger partial charge in [0.1, 0.15) is 21.6 Å². The summed E-state index contributed by atoms with van der Waals surface area (Å²) in [6, 6.07) is 19.2. The summed E-state index contributed by atoms with van der Waals surface area (Å²) in [6.45, 7) is 0.259. The number of rotatable bonds is 12. The van der Waals surface area contributed by atoms with Crippen LogP contribution in [0.25, 0.3) is 0 Å². The van der Waals surface area contributed by atoms with E-state index in [-0.39, 0.29) is 24.9 Å². The Morgan fingerprint density at radius 3 is 2.03 bits per heavy atom. The fraction of sp³-hybridized carbons (Fsp3) is 0.280. The van der Waals surface area contributed by atoms with E-state index in [4.69, 9.17) is 4.74 Å². The second-order valence-electron chi connectivity index (χ2n) is 7.83. The van der Waals surface area contributed by atoms with Crippen LogP contribution in [0.15, 0.2) is 60.7 Å². The predicted molar refractivity (Wildman–Crippen MR) is 135 cm³/mol. The zero-order valence-corrected chi connectivity index (χ0v) is 20.7. The number of aryl methyl sites for hydroxylation is 2. The van der Waals surface area contributed by atoms with Crippen molar-refractivity contribution in [1.29, 1.82) is 0 Å². The lowest BCUT2D eigenvalue weighted by atomic mass is 10.1. The first-order valence-electron chi connectivity index (χ1n) is 11.3. The number of carbonyl (C=O) groups excluding carboxylic acids is 2. The Hall–Kier alpha value is -3.50. The first kappa shape index (κ1) is 24.6. The molecule has 0 saturated carbocycles. The number of carbonyl (C=O) groups is 2. The van der Waals surface area contributed by atoms with Crippen LogP contribution >= 0.6 is 22.7 Å². The zero-order chi connectivity index (χ0) is 24.3. The van der Waals surface area contributed by atoms with Crippen molar-refractivity contribution >= 4 is 39.7 Å². The quantitative estimate of drug-likeness (QED) is 0.223. The van der Waals surface area contributed by atoms with Crippen LogP contribution in [-0.2, 0) is 46.6 Å². The molecule has 0 aliphatic carbocycles. The van der Waals surface area contributed by atoms with Gasteiger partial charge in [-0.2, -0.15) is 0 Å². The Bertz CT molecular complexity index is 1230. The minimum absolute atomic E-state index is 0.102. The third-order valence-corrected chi connectivity index (χ3v) is 6.88. The molecule has 8 nitrogen and oxygen atoms in total. The van der Waals surface area contributed by atoms with Gasteiger partial charge in [-0.05, 0) is 24.0 Å². The number of unbranched alkanes of at least 4 members (excludes halogenated alkanes) is 1. The maximum Gasteiger partial charge on any atom is 0.313 e. The van der Waals surface area contributed by atoms with Crippen LogP contribution in [0.1, 0.15) is 39.0 Å². The van der Waals surface area contributed by atoms with Crippen LogP contribution in [0, 0.1) is 0 Å². The molecule has 4 rings (SSSR count). The van der Waals surface area contributed by atoms with Gasteiger partial charge in [-0.25, -0.2) is 0 Å². The molecule has 0 bridgehead atoms. The predicted octanol–water partition coefficient (Wildman–Crippen LogP) is 4.42. The number of benzene rings is 2. The van der Waals surface area contributed by atoms with E-state index < -0.39 is 0 Å². The number of nitrogens with zero attached hydrogens (tertiary/aromatic N) is 4. The van der Waals surface area contributed by atoms with Crippen molar-refractivity contribution in [3.63, 3.8) is 0 Å². The highest BCUT2D eigenvalue weighted by Gasteiger charge is 2.12. The maximum atomic E-state index is 12.2. The summed E-state index contributed by atoms with van der Waals surface area (Å²) in [7, 11) is 0. The molecule has 2 aromatic heterocycles. The highest BCUT2D eigenvalue weighted by Crippen LogP contribution is 2.19. The molecule has 0 spiro atoms. The van der Waals surface area contributed by atoms with Crippen LogP contribution in [0.5, 0.6) is 0 Å². The van der Waals surface area contributed by atoms with Crippen molar-refractivity contribution in [3.05, 3.63) is 86.8 Å². The SMILES string of the molecule is O=C(Cc1ccccc1)Nc1nnc(CCCCc2nnc(CC(=O)OCc3ccccc3)s2)s1. The minimum atomic E-state index is -0.306. The molecule has 0 radical (unpaired) electrons. The van der Waals surface area contributed by atoms with Gasteiger partial charge < -0.3 is 10.1 Å². The summed E-state index contributed by atoms with van der Waals surface area (Å²) in [4.78, 5) is 24.2. The van der Waals surface area contributed by atoms with Crippen molar-refractivity contribution in [2.24, 2.45) is 0 Å². The van der Waals surface area contributed by atoms with E-state index >= 15 is 0 Å². The van der Waals surface area contributed by atoms with E-state index in [1.165, 1.54) is 22.7 Å². The lowest BCUT2D eigenvalue weighted by molar-refractivity contribution is -0.144. The molecule has 0 saturated heterocycles. The molecule has 0 fully saturated rings. The molecular formula is C25H25N5O3S2. The normalized spacial score (nSPS) is 10.7. The van der Waals surface area contributed by atoms with Gasteiger partial charge in [-0.3, -0.25) is 9.59 Å². The van der Waals surface area contributed by atoms with Crippen LogP contribution in [0.3, 0.4) is 0 Å². The fourth-order valence-corrected chi connectivity index (χ4v) is 4.95. The Morgan fingerprint density at radius 2 is 1.31 bits per heavy atom. The summed E-state index contributed by atoms with van der Waals surface area (Å²) >= 11 is 2.85. The molecular weight excluding hydrogens is 482 g/mol. The van der Waals surface area contributed by atoms with Gasteiger partial charge in [0.25, 0.3) is 0 Å². The maximum absolute atomic E-state index is 12.2. The Labute approximate surface area is 211 Å². The lowest BCUT2D eigenvalue weighted by Crippen LogP contribution is -2.14. The summed E-state index contributed by atoms with van der Waals surface area (Å²) in [5.74, 6) is -0.408. The second-order valence-corrected chi connectivity index (χ2v) is 10.0. The van der Waals surface area contributed by atoms with Crippen molar-refractivity contribution in [2.75, 3.05) is 5.32 Å². The summed E-state index contributed by atoms with van der Waals surface area (Å²) in [6.07, 6.45) is 3.85. The third-order valence-electron chi connectivity index (χ3n) is 5.00. The van der Waals surface area contributed by atoms with Gasteiger partial charge in [-0.15, -0.1) is 31.7 Å². The number of hydrogen-bond donors (Lipinski definition) is 1. The first-order valence-corrected chi connectivity index (χ1v) is 12.9. The van der Waals surface area contributed by atoms with Crippen molar-refractivity contribution in [2.45, 2.75) is 45.1 Å². The highest BCUT2D eigenvalue weighted by atomic mass is 32.1. The second kappa shape index (κ2) is 12.8. The monoisotopic (exact) mass is 507 g/mol. The largest absolute Gasteiger partial charge is 0.460 e. The van der Waals surface area contributed by atoms with Gasteiger partial charge in [0.15, 0.2) is 0 Å². The van der Waals surface area contributed by atoms with Crippen LogP contribution in [0.2, 0.25) is 0 Å². The summed E-state index contributed by atoms with van der Waals surface area (Å²) in [5, 5.41) is 22.3. The smallest absolute Gasteiger partial charge is 0.313 e. The number of esters is 1. The van der Waals surface area contributed by atoms with E-state index in [2.05, 4.69) is 25.7 Å². The highest BCUT2D eigenvalue weighted by molar-refractivity contribution is 7.15. The molecule has 10 heteroatoms. The van der Waals surface area contributed by atoms with Gasteiger partial charge in [-0.1, -0.05) is 72.0 Å². The molecule has 180 valence electrons. The number of amides is 1. The molecule has 35 heavy (non-hydrogen) atoms. The Morgan fingerprint density at radius 1 is 0.714 bits per heavy atom. The molecule has 0 aliphatic heterocycles. The van der Waals surface area contributed by atoms with Crippen molar-refractivity contribution in [1.82, 2.24) is 20.4 Å². The zero-order valence-electron chi connectivity index (χ0n) is 19.1. The van der Waals surface area contributed by atoms with Crippen LogP contribution in [0.4, 0.5) is 5.13 Å². The van der Waals surface area contributed by atoms with E-state index in [1.807, 2.05) is 60.7 Å². The standard InChI is InChI=1S/C25H25N5O3S2/c31-20(15-18-9-3-1-4-10-18)26-25-30-28-22(35-25)14-8-7-13-21-27-29-23(34-21)16-24(32)33-17-19-11-5-2-6-12-19/h1-6,9-12H,7-8,13-17H2,(H,26,30,31). The number of nitrogens with one attached hydrogen (secondary N) is 1. The average Bonchev–Trinajstić information content (AvgIpc) is 3.51. The molecule has 1 N–H and O–H groups in total. The average molecular weight is 508 g/mol. The molecule has 2 aromatic carbocycles. The van der Waals surface area contributed by atoms with E-state index in [1.54, 1.807) is 0 Å². The molecule has 4 aromatic rings. The van der Waals surface area contributed by atoms with Crippen LogP contribution < -0.4 is 5.32 Å². The topological polar surface area (TPSA) is 107 Å². The molecule has 0 atom stereocenters. The molecule has 2 heterocycles. The number of hydrogen-bond acceptors (Lipinski definition) is 9. The minimum Gasteiger partial charge on any atom is -0.460 e. The Kier molecular flexibility index (Phi) is 9.02.